The van der Waals surface area contributed by atoms with Gasteiger partial charge in [0.2, 0.25) is 0 Å². The van der Waals surface area contributed by atoms with Crippen LogP contribution in [0.25, 0.3) is 0 Å². The summed E-state index contributed by atoms with van der Waals surface area (Å²) < 4.78 is 5.91. The van der Waals surface area contributed by atoms with Crippen molar-refractivity contribution in [3.8, 4) is 0 Å². The number of nitrogens with zero attached hydrogens (tertiary/aromatic N) is 3. The summed E-state index contributed by atoms with van der Waals surface area (Å²) in [5.74, 6) is 0.921. The van der Waals surface area contributed by atoms with Gasteiger partial charge in [-0.15, -0.1) is 0 Å². The molecule has 1 aromatic carbocycles. The standard InChI is InChI=1S/C15H17N3O/c1-12-4-2-3-5-13(12)14-11-18(8-9-19-14)15-10-16-6-7-17-15/h2-7,10,14H,8-9,11H2,1H3. The molecule has 0 amide bonds. The zero-order valence-electron chi connectivity index (χ0n) is 11.0. The van der Waals surface area contributed by atoms with Gasteiger partial charge < -0.3 is 9.64 Å². The molecule has 4 nitrogen and oxygen atoms in total. The Morgan fingerprint density at radius 2 is 2.16 bits per heavy atom. The topological polar surface area (TPSA) is 38.2 Å². The number of ether oxygens (including phenoxy) is 1. The maximum absolute atomic E-state index is 5.91. The van der Waals surface area contributed by atoms with Gasteiger partial charge >= 0.3 is 0 Å². The molecule has 1 aliphatic heterocycles. The molecule has 0 aliphatic carbocycles. The summed E-state index contributed by atoms with van der Waals surface area (Å²) in [6.07, 6.45) is 5.34. The highest BCUT2D eigenvalue weighted by molar-refractivity contribution is 5.38. The first-order chi connectivity index (χ1) is 9.34. The Balaban J connectivity index is 1.81. The van der Waals surface area contributed by atoms with E-state index in [9.17, 15) is 0 Å². The lowest BCUT2D eigenvalue weighted by Crippen LogP contribution is -2.39. The minimum Gasteiger partial charge on any atom is -0.370 e. The Labute approximate surface area is 113 Å². The summed E-state index contributed by atoms with van der Waals surface area (Å²) in [4.78, 5) is 10.7. The van der Waals surface area contributed by atoms with E-state index in [0.29, 0.717) is 0 Å². The van der Waals surface area contributed by atoms with E-state index < -0.39 is 0 Å². The zero-order valence-corrected chi connectivity index (χ0v) is 11.0. The van der Waals surface area contributed by atoms with Crippen molar-refractivity contribution >= 4 is 5.82 Å². The van der Waals surface area contributed by atoms with E-state index in [2.05, 4.69) is 46.1 Å². The number of hydrogen-bond acceptors (Lipinski definition) is 4. The molecular weight excluding hydrogens is 238 g/mol. The fraction of sp³-hybridized carbons (Fsp3) is 0.333. The van der Waals surface area contributed by atoms with Gasteiger partial charge in [-0.25, -0.2) is 4.98 Å². The maximum atomic E-state index is 5.91. The lowest BCUT2D eigenvalue weighted by atomic mass is 10.0. The number of aromatic nitrogens is 2. The molecular formula is C15H17N3O. The smallest absolute Gasteiger partial charge is 0.147 e. The molecule has 1 aromatic heterocycles. The second-order valence-electron chi connectivity index (χ2n) is 4.73. The number of morpholine rings is 1. The van der Waals surface area contributed by atoms with E-state index in [1.807, 2.05) is 0 Å². The molecule has 1 unspecified atom stereocenters. The van der Waals surface area contributed by atoms with Crippen LogP contribution in [0.5, 0.6) is 0 Å². The first-order valence-corrected chi connectivity index (χ1v) is 6.52. The van der Waals surface area contributed by atoms with Gasteiger partial charge in [-0.05, 0) is 18.1 Å². The third-order valence-electron chi connectivity index (χ3n) is 3.48. The van der Waals surface area contributed by atoms with E-state index in [0.717, 1.165) is 25.5 Å². The van der Waals surface area contributed by atoms with Gasteiger partial charge in [0, 0.05) is 25.5 Å². The molecule has 19 heavy (non-hydrogen) atoms. The first-order valence-electron chi connectivity index (χ1n) is 6.52. The van der Waals surface area contributed by atoms with Gasteiger partial charge in [0.1, 0.15) is 11.9 Å². The fourth-order valence-electron chi connectivity index (χ4n) is 2.45. The van der Waals surface area contributed by atoms with Crippen LogP contribution in [-0.4, -0.2) is 29.7 Å². The summed E-state index contributed by atoms with van der Waals surface area (Å²) in [5, 5.41) is 0. The largest absolute Gasteiger partial charge is 0.370 e. The van der Waals surface area contributed by atoms with Crippen molar-refractivity contribution in [3.63, 3.8) is 0 Å². The number of hydrogen-bond donors (Lipinski definition) is 0. The van der Waals surface area contributed by atoms with Crippen molar-refractivity contribution in [1.82, 2.24) is 9.97 Å². The fourth-order valence-corrected chi connectivity index (χ4v) is 2.45. The molecule has 2 aromatic rings. The minimum absolute atomic E-state index is 0.108. The van der Waals surface area contributed by atoms with Gasteiger partial charge in [0.05, 0.1) is 12.8 Å². The molecule has 1 atom stereocenters. The van der Waals surface area contributed by atoms with Crippen LogP contribution in [0.4, 0.5) is 5.82 Å². The van der Waals surface area contributed by atoms with Gasteiger partial charge in [0.15, 0.2) is 0 Å². The van der Waals surface area contributed by atoms with Crippen LogP contribution in [0.15, 0.2) is 42.9 Å². The summed E-state index contributed by atoms with van der Waals surface area (Å²) >= 11 is 0. The zero-order chi connectivity index (χ0) is 13.1. The van der Waals surface area contributed by atoms with Gasteiger partial charge in [-0.1, -0.05) is 24.3 Å². The van der Waals surface area contributed by atoms with Crippen LogP contribution < -0.4 is 4.90 Å². The molecule has 0 saturated carbocycles. The second kappa shape index (κ2) is 5.36. The number of aryl methyl sites for hydroxylation is 1. The normalized spacial score (nSPS) is 19.4. The van der Waals surface area contributed by atoms with E-state index in [4.69, 9.17) is 4.74 Å². The summed E-state index contributed by atoms with van der Waals surface area (Å²) in [6.45, 7) is 4.53. The Kier molecular flexibility index (Phi) is 3.42. The molecule has 1 aliphatic rings. The minimum atomic E-state index is 0.108. The summed E-state index contributed by atoms with van der Waals surface area (Å²) in [7, 11) is 0. The highest BCUT2D eigenvalue weighted by Crippen LogP contribution is 2.26. The molecule has 98 valence electrons. The molecule has 0 spiro atoms. The molecule has 3 rings (SSSR count). The van der Waals surface area contributed by atoms with Crippen molar-refractivity contribution in [2.45, 2.75) is 13.0 Å². The van der Waals surface area contributed by atoms with Crippen LogP contribution in [0, 0.1) is 6.92 Å². The highest BCUT2D eigenvalue weighted by atomic mass is 16.5. The molecule has 0 bridgehead atoms. The summed E-state index contributed by atoms with van der Waals surface area (Å²) in [6, 6.07) is 8.38. The average Bonchev–Trinajstić information content (AvgIpc) is 2.49. The van der Waals surface area contributed by atoms with Gasteiger partial charge in [-0.3, -0.25) is 4.98 Å². The van der Waals surface area contributed by atoms with E-state index in [1.54, 1.807) is 18.6 Å². The predicted octanol–water partition coefficient (Wildman–Crippen LogP) is 2.36. The van der Waals surface area contributed by atoms with Crippen molar-refractivity contribution in [1.29, 1.82) is 0 Å². The van der Waals surface area contributed by atoms with Crippen LogP contribution in [-0.2, 0) is 4.74 Å². The molecule has 1 saturated heterocycles. The van der Waals surface area contributed by atoms with Crippen molar-refractivity contribution in [2.24, 2.45) is 0 Å². The molecule has 2 heterocycles. The first kappa shape index (κ1) is 12.1. The van der Waals surface area contributed by atoms with Crippen LogP contribution in [0.3, 0.4) is 0 Å². The van der Waals surface area contributed by atoms with Gasteiger partial charge in [-0.2, -0.15) is 0 Å². The van der Waals surface area contributed by atoms with Crippen molar-refractivity contribution in [3.05, 3.63) is 54.0 Å². The van der Waals surface area contributed by atoms with Crippen LogP contribution in [0.1, 0.15) is 17.2 Å². The predicted molar refractivity (Wildman–Crippen MR) is 74.1 cm³/mol. The lowest BCUT2D eigenvalue weighted by Gasteiger charge is -2.34. The summed E-state index contributed by atoms with van der Waals surface area (Å²) in [5.41, 5.74) is 2.53. The molecule has 4 heteroatoms. The second-order valence-corrected chi connectivity index (χ2v) is 4.73. The monoisotopic (exact) mass is 255 g/mol. The average molecular weight is 255 g/mol. The van der Waals surface area contributed by atoms with Crippen molar-refractivity contribution in [2.75, 3.05) is 24.6 Å². The lowest BCUT2D eigenvalue weighted by molar-refractivity contribution is 0.0391. The Bertz CT molecular complexity index is 544. The Morgan fingerprint density at radius 3 is 2.95 bits per heavy atom. The molecule has 0 radical (unpaired) electrons. The quantitative estimate of drug-likeness (QED) is 0.825. The number of rotatable bonds is 2. The van der Waals surface area contributed by atoms with Crippen molar-refractivity contribution < 1.29 is 4.74 Å². The van der Waals surface area contributed by atoms with E-state index in [1.165, 1.54) is 11.1 Å². The highest BCUT2D eigenvalue weighted by Gasteiger charge is 2.23. The van der Waals surface area contributed by atoms with Crippen LogP contribution >= 0.6 is 0 Å². The Hall–Kier alpha value is -1.94. The van der Waals surface area contributed by atoms with E-state index >= 15 is 0 Å². The van der Waals surface area contributed by atoms with Crippen LogP contribution in [0.2, 0.25) is 0 Å². The van der Waals surface area contributed by atoms with E-state index in [-0.39, 0.29) is 6.10 Å². The number of anilines is 1. The number of benzene rings is 1. The Morgan fingerprint density at radius 1 is 1.26 bits per heavy atom. The molecule has 1 fully saturated rings. The maximum Gasteiger partial charge on any atom is 0.147 e. The third-order valence-corrected chi connectivity index (χ3v) is 3.48. The van der Waals surface area contributed by atoms with Gasteiger partial charge in [0.25, 0.3) is 0 Å². The SMILES string of the molecule is Cc1ccccc1C1CN(c2cnccn2)CCO1. The molecule has 0 N–H and O–H groups in total. The third kappa shape index (κ3) is 2.58.